The number of hydrogen-bond acceptors (Lipinski definition) is 3. The predicted octanol–water partition coefficient (Wildman–Crippen LogP) is 4.96. The third-order valence-corrected chi connectivity index (χ3v) is 4.51. The minimum Gasteiger partial charge on any atom is -0.468 e. The summed E-state index contributed by atoms with van der Waals surface area (Å²) >= 11 is 0. The highest BCUT2D eigenvalue weighted by Crippen LogP contribution is 2.38. The maximum Gasteiger partial charge on any atom is 0.200 e. The third-order valence-electron chi connectivity index (χ3n) is 4.51. The van der Waals surface area contributed by atoms with Crippen LogP contribution in [0.4, 0.5) is 0 Å². The van der Waals surface area contributed by atoms with Crippen LogP contribution in [0.25, 0.3) is 0 Å². The first-order valence-electron chi connectivity index (χ1n) is 8.82. The first-order chi connectivity index (χ1) is 12.3. The number of nitriles is 1. The van der Waals surface area contributed by atoms with Crippen molar-refractivity contribution in [3.8, 4) is 6.07 Å². The number of benzene rings is 2. The summed E-state index contributed by atoms with van der Waals surface area (Å²) in [7, 11) is 0. The fraction of sp³-hybridized carbons (Fsp3) is 0.318. The highest BCUT2D eigenvalue weighted by atomic mass is 16.7. The minimum atomic E-state index is -0.293. The minimum absolute atomic E-state index is 0.0299. The van der Waals surface area contributed by atoms with Crippen molar-refractivity contribution < 1.29 is 9.47 Å². The molecule has 0 aliphatic carbocycles. The van der Waals surface area contributed by atoms with Crippen molar-refractivity contribution in [3.05, 3.63) is 83.1 Å². The van der Waals surface area contributed by atoms with Crippen LogP contribution in [-0.4, -0.2) is 12.9 Å². The number of aryl methyl sites for hydroxylation is 1. The van der Waals surface area contributed by atoms with Gasteiger partial charge in [-0.15, -0.1) is 0 Å². The molecule has 2 aromatic rings. The van der Waals surface area contributed by atoms with Crippen LogP contribution in [-0.2, 0) is 15.9 Å². The molecule has 1 heterocycles. The van der Waals surface area contributed by atoms with Crippen LogP contribution in [0.3, 0.4) is 0 Å². The summed E-state index contributed by atoms with van der Waals surface area (Å²) in [6.07, 6.45) is 1.94. The Balaban J connectivity index is 1.87. The first kappa shape index (κ1) is 17.3. The molecule has 128 valence electrons. The number of rotatable bonds is 6. The van der Waals surface area contributed by atoms with Gasteiger partial charge in [-0.1, -0.05) is 60.7 Å². The molecule has 0 fully saturated rings. The number of nitrogens with zero attached hydrogens (tertiary/aromatic N) is 1. The summed E-state index contributed by atoms with van der Waals surface area (Å²) < 4.78 is 11.8. The molecule has 3 rings (SSSR count). The molecular formula is C22H23NO2. The molecule has 3 heteroatoms. The van der Waals surface area contributed by atoms with Gasteiger partial charge in [0.25, 0.3) is 0 Å². The van der Waals surface area contributed by atoms with Crippen molar-refractivity contribution in [2.24, 2.45) is 0 Å². The van der Waals surface area contributed by atoms with Gasteiger partial charge in [0.2, 0.25) is 0 Å². The Hall–Kier alpha value is -2.57. The second kappa shape index (κ2) is 8.50. The fourth-order valence-electron chi connectivity index (χ4n) is 3.29. The third kappa shape index (κ3) is 4.29. The standard InChI is InChI=1S/C22H23NO2/c1-2-24-22-15-19(18-11-7-4-8-12-18)20(16-23)21(25-22)14-13-17-9-5-3-6-10-17/h3-12,19,22H,2,13-15H2,1H3/t19-,22+/m0/s1. The second-order valence-corrected chi connectivity index (χ2v) is 6.14. The van der Waals surface area contributed by atoms with Gasteiger partial charge < -0.3 is 9.47 Å². The summed E-state index contributed by atoms with van der Waals surface area (Å²) in [5, 5.41) is 9.78. The quantitative estimate of drug-likeness (QED) is 0.750. The molecule has 1 aliphatic heterocycles. The van der Waals surface area contributed by atoms with Crippen molar-refractivity contribution in [2.45, 2.75) is 38.4 Å². The Bertz CT molecular complexity index is 747. The van der Waals surface area contributed by atoms with Crippen molar-refractivity contribution in [2.75, 3.05) is 6.61 Å². The molecule has 0 saturated heterocycles. The van der Waals surface area contributed by atoms with E-state index in [0.29, 0.717) is 19.4 Å². The largest absolute Gasteiger partial charge is 0.468 e. The van der Waals surface area contributed by atoms with E-state index >= 15 is 0 Å². The lowest BCUT2D eigenvalue weighted by Gasteiger charge is -2.32. The maximum absolute atomic E-state index is 9.78. The average Bonchev–Trinajstić information content (AvgIpc) is 2.67. The Labute approximate surface area is 149 Å². The van der Waals surface area contributed by atoms with Gasteiger partial charge in [-0.25, -0.2) is 0 Å². The van der Waals surface area contributed by atoms with Gasteiger partial charge in [0.1, 0.15) is 5.76 Å². The molecular weight excluding hydrogens is 310 g/mol. The van der Waals surface area contributed by atoms with Gasteiger partial charge >= 0.3 is 0 Å². The van der Waals surface area contributed by atoms with Crippen LogP contribution in [0.5, 0.6) is 0 Å². The Kier molecular flexibility index (Phi) is 5.87. The van der Waals surface area contributed by atoms with E-state index in [9.17, 15) is 5.26 Å². The number of allylic oxidation sites excluding steroid dienone is 2. The highest BCUT2D eigenvalue weighted by Gasteiger charge is 2.32. The normalized spacial score (nSPS) is 20.0. The van der Waals surface area contributed by atoms with Gasteiger partial charge in [-0.2, -0.15) is 5.26 Å². The van der Waals surface area contributed by atoms with Crippen LogP contribution in [0, 0.1) is 11.3 Å². The van der Waals surface area contributed by atoms with E-state index in [-0.39, 0.29) is 12.2 Å². The molecule has 2 aromatic carbocycles. The number of hydrogen-bond donors (Lipinski definition) is 0. The van der Waals surface area contributed by atoms with Crippen molar-refractivity contribution in [1.29, 1.82) is 5.26 Å². The smallest absolute Gasteiger partial charge is 0.200 e. The van der Waals surface area contributed by atoms with Crippen LogP contribution < -0.4 is 0 Å². The molecule has 0 amide bonds. The zero-order valence-electron chi connectivity index (χ0n) is 14.5. The van der Waals surface area contributed by atoms with Crippen LogP contribution in [0.15, 0.2) is 72.0 Å². The lowest BCUT2D eigenvalue weighted by Crippen LogP contribution is -2.27. The predicted molar refractivity (Wildman–Crippen MR) is 97.7 cm³/mol. The molecule has 0 bridgehead atoms. The maximum atomic E-state index is 9.78. The zero-order chi connectivity index (χ0) is 17.5. The molecule has 0 N–H and O–H groups in total. The molecule has 25 heavy (non-hydrogen) atoms. The van der Waals surface area contributed by atoms with Crippen molar-refractivity contribution >= 4 is 0 Å². The molecule has 0 unspecified atom stereocenters. The Morgan fingerprint density at radius 2 is 1.72 bits per heavy atom. The molecule has 3 nitrogen and oxygen atoms in total. The molecule has 0 saturated carbocycles. The molecule has 0 spiro atoms. The average molecular weight is 333 g/mol. The SMILES string of the molecule is CCO[C@H]1C[C@@H](c2ccccc2)C(C#N)=C(CCc2ccccc2)O1. The molecule has 2 atom stereocenters. The molecule has 0 radical (unpaired) electrons. The highest BCUT2D eigenvalue weighted by molar-refractivity contribution is 5.40. The van der Waals surface area contributed by atoms with Gasteiger partial charge in [-0.05, 0) is 24.5 Å². The van der Waals surface area contributed by atoms with E-state index in [1.54, 1.807) is 0 Å². The van der Waals surface area contributed by atoms with Crippen LogP contribution in [0.1, 0.15) is 36.8 Å². The Morgan fingerprint density at radius 3 is 2.36 bits per heavy atom. The van der Waals surface area contributed by atoms with E-state index in [4.69, 9.17) is 9.47 Å². The Morgan fingerprint density at radius 1 is 1.04 bits per heavy atom. The number of ether oxygens (including phenoxy) is 2. The van der Waals surface area contributed by atoms with Gasteiger partial charge in [-0.3, -0.25) is 0 Å². The summed E-state index contributed by atoms with van der Waals surface area (Å²) in [6, 6.07) is 22.9. The zero-order valence-corrected chi connectivity index (χ0v) is 14.5. The van der Waals surface area contributed by atoms with E-state index in [1.165, 1.54) is 5.56 Å². The van der Waals surface area contributed by atoms with Gasteiger partial charge in [0.15, 0.2) is 6.29 Å². The van der Waals surface area contributed by atoms with Crippen molar-refractivity contribution in [1.82, 2.24) is 0 Å². The molecule has 1 aliphatic rings. The summed E-state index contributed by atoms with van der Waals surface area (Å²) in [5.41, 5.74) is 3.12. The fourth-order valence-corrected chi connectivity index (χ4v) is 3.29. The van der Waals surface area contributed by atoms with Crippen LogP contribution in [0.2, 0.25) is 0 Å². The molecule has 0 aromatic heterocycles. The second-order valence-electron chi connectivity index (χ2n) is 6.14. The van der Waals surface area contributed by atoms with E-state index in [1.807, 2.05) is 43.3 Å². The lowest BCUT2D eigenvalue weighted by atomic mass is 9.85. The lowest BCUT2D eigenvalue weighted by molar-refractivity contribution is -0.128. The van der Waals surface area contributed by atoms with Gasteiger partial charge in [0, 0.05) is 25.4 Å². The van der Waals surface area contributed by atoms with E-state index in [0.717, 1.165) is 23.3 Å². The topological polar surface area (TPSA) is 42.2 Å². The summed E-state index contributed by atoms with van der Waals surface area (Å²) in [5.74, 6) is 0.798. The monoisotopic (exact) mass is 333 g/mol. The first-order valence-corrected chi connectivity index (χ1v) is 8.82. The van der Waals surface area contributed by atoms with Crippen molar-refractivity contribution in [3.63, 3.8) is 0 Å². The summed E-state index contributed by atoms with van der Waals surface area (Å²) in [4.78, 5) is 0. The van der Waals surface area contributed by atoms with Crippen LogP contribution >= 0.6 is 0 Å². The van der Waals surface area contributed by atoms with Gasteiger partial charge in [0.05, 0.1) is 11.6 Å². The summed E-state index contributed by atoms with van der Waals surface area (Å²) in [6.45, 7) is 2.56. The van der Waals surface area contributed by atoms with E-state index in [2.05, 4.69) is 30.3 Å². The van der Waals surface area contributed by atoms with E-state index < -0.39 is 0 Å².